The van der Waals surface area contributed by atoms with Gasteiger partial charge >= 0.3 is 0 Å². The van der Waals surface area contributed by atoms with E-state index >= 15 is 0 Å². The number of hydrogen-bond donors (Lipinski definition) is 1. The zero-order valence-corrected chi connectivity index (χ0v) is 6.69. The Kier molecular flexibility index (Phi) is 2.59. The Hall–Kier alpha value is -1.91. The van der Waals surface area contributed by atoms with E-state index in [1.807, 2.05) is 0 Å². The van der Waals surface area contributed by atoms with Crippen molar-refractivity contribution in [2.75, 3.05) is 5.32 Å². The van der Waals surface area contributed by atoms with Crippen molar-refractivity contribution in [3.63, 3.8) is 0 Å². The van der Waals surface area contributed by atoms with Gasteiger partial charge in [0.2, 0.25) is 5.91 Å². The number of nitro groups is 1. The van der Waals surface area contributed by atoms with Crippen LogP contribution in [0.5, 0.6) is 0 Å². The van der Waals surface area contributed by atoms with Crippen LogP contribution in [0.2, 0.25) is 0 Å². The van der Waals surface area contributed by atoms with Crippen LogP contribution in [0.1, 0.15) is 0 Å². The third-order valence-corrected chi connectivity index (χ3v) is 1.36. The molecule has 0 spiro atoms. The number of carbonyl (C=O) groups is 1. The number of benzene rings is 1. The number of nitrogens with zero attached hydrogens (tertiary/aromatic N) is 1. The molecule has 5 nitrogen and oxygen atoms in total. The maximum absolute atomic E-state index is 10.5. The van der Waals surface area contributed by atoms with Crippen molar-refractivity contribution in [1.29, 1.82) is 0 Å². The Labute approximate surface area is 74.5 Å². The van der Waals surface area contributed by atoms with E-state index in [0.717, 1.165) is 0 Å². The van der Waals surface area contributed by atoms with Crippen LogP contribution >= 0.6 is 0 Å². The summed E-state index contributed by atoms with van der Waals surface area (Å²) in [7, 11) is 0. The van der Waals surface area contributed by atoms with Gasteiger partial charge in [0.1, 0.15) is 0 Å². The summed E-state index contributed by atoms with van der Waals surface area (Å²) >= 11 is 0. The number of amides is 1. The molecule has 1 amide bonds. The molecule has 1 rings (SSSR count). The van der Waals surface area contributed by atoms with E-state index in [-0.39, 0.29) is 5.69 Å². The third-order valence-electron chi connectivity index (χ3n) is 1.36. The van der Waals surface area contributed by atoms with Crippen molar-refractivity contribution in [2.24, 2.45) is 0 Å². The van der Waals surface area contributed by atoms with E-state index in [4.69, 9.17) is 0 Å². The molecule has 0 atom stereocenters. The fourth-order valence-corrected chi connectivity index (χ4v) is 0.827. The summed E-state index contributed by atoms with van der Waals surface area (Å²) in [4.78, 5) is 20.2. The summed E-state index contributed by atoms with van der Waals surface area (Å²) in [6.45, 7) is 3.11. The molecule has 0 aliphatic rings. The average molecular weight is 179 g/mol. The van der Waals surface area contributed by atoms with Gasteiger partial charge in [0, 0.05) is 24.7 Å². The van der Waals surface area contributed by atoms with E-state index in [0.29, 0.717) is 5.69 Å². The van der Waals surface area contributed by atoms with Gasteiger partial charge in [-0.15, -0.1) is 0 Å². The van der Waals surface area contributed by atoms with Gasteiger partial charge in [-0.2, -0.15) is 0 Å². The highest BCUT2D eigenvalue weighted by molar-refractivity contribution is 5.93. The molecule has 67 valence electrons. The zero-order chi connectivity index (χ0) is 9.84. The maximum atomic E-state index is 10.5. The van der Waals surface area contributed by atoms with Crippen molar-refractivity contribution in [3.8, 4) is 0 Å². The highest BCUT2D eigenvalue weighted by Gasteiger charge is 2.03. The summed E-state index contributed by atoms with van der Waals surface area (Å²) in [5.74, 6) is -0.450. The molecule has 0 fully saturated rings. The number of nitrogens with one attached hydrogen (secondary N) is 1. The molecule has 1 N–H and O–H groups in total. The predicted octanol–water partition coefficient (Wildman–Crippen LogP) is 1.37. The smallest absolute Gasteiger partial charge is 0.269 e. The number of non-ortho nitro benzene ring substituents is 1. The Bertz CT molecular complexity index is 332. The van der Waals surface area contributed by atoms with Gasteiger partial charge in [0.15, 0.2) is 0 Å². The van der Waals surface area contributed by atoms with Crippen molar-refractivity contribution in [1.82, 2.24) is 0 Å². The van der Waals surface area contributed by atoms with Crippen LogP contribution in [0.3, 0.4) is 0 Å². The van der Waals surface area contributed by atoms with Crippen LogP contribution < -0.4 is 5.32 Å². The van der Waals surface area contributed by atoms with Crippen molar-refractivity contribution in [2.45, 2.75) is 0 Å². The van der Waals surface area contributed by atoms with Gasteiger partial charge < -0.3 is 5.32 Å². The second-order valence-electron chi connectivity index (χ2n) is 2.35. The number of carbonyl (C=O) groups excluding carboxylic acids is 1. The minimum atomic E-state index is -0.504. The highest BCUT2D eigenvalue weighted by Crippen LogP contribution is 2.14. The van der Waals surface area contributed by atoms with Crippen LogP contribution in [-0.4, -0.2) is 10.8 Å². The summed E-state index contributed by atoms with van der Waals surface area (Å²) in [6, 6.07) is 5.51. The first-order chi connectivity index (χ1) is 6.09. The second kappa shape index (κ2) is 3.66. The average Bonchev–Trinajstić information content (AvgIpc) is 2.04. The monoisotopic (exact) mass is 179 g/mol. The largest absolute Gasteiger partial charge is 0.326 e. The van der Waals surface area contributed by atoms with E-state index in [2.05, 4.69) is 12.2 Å². The maximum Gasteiger partial charge on any atom is 0.269 e. The number of rotatable bonds is 2. The molecule has 0 aliphatic carbocycles. The van der Waals surface area contributed by atoms with E-state index in [9.17, 15) is 14.9 Å². The molecular weight excluding hydrogens is 172 g/mol. The van der Waals surface area contributed by atoms with Crippen LogP contribution in [0.15, 0.2) is 24.3 Å². The van der Waals surface area contributed by atoms with Crippen molar-refractivity contribution >= 4 is 17.3 Å². The Morgan fingerprint density at radius 1 is 1.38 bits per heavy atom. The normalized spacial score (nSPS) is 9.31. The molecule has 1 radical (unpaired) electrons. The topological polar surface area (TPSA) is 72.2 Å². The van der Waals surface area contributed by atoms with Gasteiger partial charge in [-0.3, -0.25) is 14.9 Å². The van der Waals surface area contributed by atoms with Gasteiger partial charge in [-0.25, -0.2) is 0 Å². The van der Waals surface area contributed by atoms with Gasteiger partial charge in [-0.1, -0.05) is 0 Å². The number of hydrogen-bond acceptors (Lipinski definition) is 3. The molecule has 1 aromatic carbocycles. The van der Waals surface area contributed by atoms with E-state index in [1.165, 1.54) is 24.3 Å². The van der Waals surface area contributed by atoms with Crippen molar-refractivity contribution < 1.29 is 9.72 Å². The molecule has 0 aromatic heterocycles. The molecule has 5 heteroatoms. The van der Waals surface area contributed by atoms with Crippen LogP contribution in [0, 0.1) is 17.0 Å². The SMILES string of the molecule is [CH2]C(=O)Nc1ccc([N+](=O)[O-])cc1. The number of anilines is 1. The molecular formula is C8H7N2O3. The lowest BCUT2D eigenvalue weighted by molar-refractivity contribution is -0.384. The molecule has 0 saturated heterocycles. The third kappa shape index (κ3) is 2.55. The lowest BCUT2D eigenvalue weighted by atomic mass is 10.3. The fourth-order valence-electron chi connectivity index (χ4n) is 0.827. The molecule has 0 unspecified atom stereocenters. The molecule has 0 saturated carbocycles. The second-order valence-corrected chi connectivity index (χ2v) is 2.35. The molecule has 0 heterocycles. The van der Waals surface area contributed by atoms with Crippen LogP contribution in [0.25, 0.3) is 0 Å². The first kappa shape index (κ1) is 9.18. The lowest BCUT2D eigenvalue weighted by Gasteiger charge is -1.99. The fraction of sp³-hybridized carbons (Fsp3) is 0. The Balaban J connectivity index is 2.81. The van der Waals surface area contributed by atoms with Crippen LogP contribution in [-0.2, 0) is 4.79 Å². The summed E-state index contributed by atoms with van der Waals surface area (Å²) in [5, 5.41) is 12.6. The summed E-state index contributed by atoms with van der Waals surface area (Å²) in [6.07, 6.45) is 0. The predicted molar refractivity (Wildman–Crippen MR) is 47.1 cm³/mol. The highest BCUT2D eigenvalue weighted by atomic mass is 16.6. The Morgan fingerprint density at radius 2 is 1.92 bits per heavy atom. The summed E-state index contributed by atoms with van der Waals surface area (Å²) < 4.78 is 0. The lowest BCUT2D eigenvalue weighted by Crippen LogP contribution is -2.05. The number of nitro benzene ring substituents is 1. The van der Waals surface area contributed by atoms with Crippen molar-refractivity contribution in [3.05, 3.63) is 41.3 Å². The van der Waals surface area contributed by atoms with Gasteiger partial charge in [0.05, 0.1) is 4.92 Å². The molecule has 0 aliphatic heterocycles. The standard InChI is InChI=1S/C8H7N2O3/c1-6(11)9-7-2-4-8(5-3-7)10(12)13/h2-5H,1H2,(H,9,11). The first-order valence-electron chi connectivity index (χ1n) is 3.47. The Morgan fingerprint density at radius 3 is 2.31 bits per heavy atom. The minimum absolute atomic E-state index is 0.0120. The quantitative estimate of drug-likeness (QED) is 0.550. The molecule has 0 bridgehead atoms. The van der Waals surface area contributed by atoms with Crippen LogP contribution in [0.4, 0.5) is 11.4 Å². The summed E-state index contributed by atoms with van der Waals surface area (Å²) in [5.41, 5.74) is 0.479. The first-order valence-corrected chi connectivity index (χ1v) is 3.47. The minimum Gasteiger partial charge on any atom is -0.326 e. The molecule has 1 aromatic rings. The zero-order valence-electron chi connectivity index (χ0n) is 6.69. The van der Waals surface area contributed by atoms with Gasteiger partial charge in [0.25, 0.3) is 5.69 Å². The van der Waals surface area contributed by atoms with E-state index < -0.39 is 10.8 Å². The van der Waals surface area contributed by atoms with Gasteiger partial charge in [-0.05, 0) is 12.1 Å². The molecule has 13 heavy (non-hydrogen) atoms. The van der Waals surface area contributed by atoms with E-state index in [1.54, 1.807) is 0 Å².